The predicted octanol–water partition coefficient (Wildman–Crippen LogP) is 1.91. The Balaban J connectivity index is 1.73. The van der Waals surface area contributed by atoms with Crippen molar-refractivity contribution in [2.45, 2.75) is 13.8 Å². The van der Waals surface area contributed by atoms with Crippen LogP contribution < -0.4 is 15.0 Å². The van der Waals surface area contributed by atoms with Gasteiger partial charge in [0.15, 0.2) is 11.5 Å². The number of likely N-dealkylation sites (N-methyl/N-ethyl adjacent to an activating group) is 1. The van der Waals surface area contributed by atoms with Crippen LogP contribution in [0.25, 0.3) is 5.65 Å². The second-order valence-electron chi connectivity index (χ2n) is 5.50. The molecule has 1 amide bonds. The summed E-state index contributed by atoms with van der Waals surface area (Å²) in [6.45, 7) is 4.64. The largest absolute Gasteiger partial charge is 0.497 e. The monoisotopic (exact) mass is 340 g/mol. The summed E-state index contributed by atoms with van der Waals surface area (Å²) in [5.74, 6) is 1.96. The SMILES string of the molecule is CCN(CC(=O)Nc1cccc(OC)c1)c1ccc2nnc(C)n2n1. The molecule has 8 nitrogen and oxygen atoms in total. The minimum Gasteiger partial charge on any atom is -0.497 e. The molecule has 130 valence electrons. The van der Waals surface area contributed by atoms with Crippen molar-refractivity contribution >= 4 is 23.1 Å². The van der Waals surface area contributed by atoms with Crippen molar-refractivity contribution in [3.05, 3.63) is 42.2 Å². The van der Waals surface area contributed by atoms with Crippen LogP contribution in [0.15, 0.2) is 36.4 Å². The molecule has 0 aliphatic heterocycles. The standard InChI is InChI=1S/C17H20N6O2/c1-4-22(16-9-8-15-20-19-12(2)23(15)21-16)11-17(24)18-13-6-5-7-14(10-13)25-3/h5-10H,4,11H2,1-3H3,(H,18,24). The van der Waals surface area contributed by atoms with Crippen LogP contribution in [0.2, 0.25) is 0 Å². The lowest BCUT2D eigenvalue weighted by atomic mass is 10.3. The van der Waals surface area contributed by atoms with Crippen molar-refractivity contribution in [3.8, 4) is 5.75 Å². The first kappa shape index (κ1) is 16.7. The van der Waals surface area contributed by atoms with E-state index >= 15 is 0 Å². The third-order valence-corrected chi connectivity index (χ3v) is 3.80. The number of nitrogens with one attached hydrogen (secondary N) is 1. The topological polar surface area (TPSA) is 84.7 Å². The Morgan fingerprint density at radius 1 is 1.28 bits per heavy atom. The summed E-state index contributed by atoms with van der Waals surface area (Å²) in [7, 11) is 1.59. The van der Waals surface area contributed by atoms with E-state index in [2.05, 4.69) is 20.6 Å². The van der Waals surface area contributed by atoms with E-state index in [1.807, 2.05) is 49.1 Å². The predicted molar refractivity (Wildman–Crippen MR) is 95.0 cm³/mol. The van der Waals surface area contributed by atoms with E-state index in [4.69, 9.17) is 4.74 Å². The van der Waals surface area contributed by atoms with E-state index in [1.165, 1.54) is 0 Å². The van der Waals surface area contributed by atoms with E-state index < -0.39 is 0 Å². The third-order valence-electron chi connectivity index (χ3n) is 3.80. The van der Waals surface area contributed by atoms with Crippen molar-refractivity contribution in [2.24, 2.45) is 0 Å². The molecule has 0 fully saturated rings. The summed E-state index contributed by atoms with van der Waals surface area (Å²) in [5.41, 5.74) is 1.37. The van der Waals surface area contributed by atoms with E-state index in [-0.39, 0.29) is 12.5 Å². The highest BCUT2D eigenvalue weighted by Gasteiger charge is 2.13. The van der Waals surface area contributed by atoms with Crippen LogP contribution in [-0.2, 0) is 4.79 Å². The van der Waals surface area contributed by atoms with Gasteiger partial charge in [-0.3, -0.25) is 4.79 Å². The van der Waals surface area contributed by atoms with Crippen LogP contribution in [0.5, 0.6) is 5.75 Å². The van der Waals surface area contributed by atoms with Gasteiger partial charge in [-0.1, -0.05) is 6.07 Å². The number of nitrogens with zero attached hydrogens (tertiary/aromatic N) is 5. The van der Waals surface area contributed by atoms with E-state index in [9.17, 15) is 4.79 Å². The van der Waals surface area contributed by atoms with Gasteiger partial charge in [0.25, 0.3) is 0 Å². The van der Waals surface area contributed by atoms with Gasteiger partial charge in [-0.15, -0.1) is 15.3 Å². The summed E-state index contributed by atoms with van der Waals surface area (Å²) < 4.78 is 6.83. The van der Waals surface area contributed by atoms with Gasteiger partial charge in [0.2, 0.25) is 5.91 Å². The van der Waals surface area contributed by atoms with Crippen LogP contribution in [0.1, 0.15) is 12.7 Å². The van der Waals surface area contributed by atoms with Crippen LogP contribution >= 0.6 is 0 Å². The van der Waals surface area contributed by atoms with Gasteiger partial charge in [-0.25, -0.2) is 0 Å². The Bertz CT molecular complexity index is 892. The van der Waals surface area contributed by atoms with E-state index in [1.54, 1.807) is 17.7 Å². The molecule has 0 aliphatic carbocycles. The van der Waals surface area contributed by atoms with Gasteiger partial charge in [0.1, 0.15) is 11.6 Å². The van der Waals surface area contributed by atoms with Crippen LogP contribution in [-0.4, -0.2) is 45.9 Å². The number of aryl methyl sites for hydroxylation is 1. The number of carbonyl (C=O) groups excluding carboxylic acids is 1. The molecule has 0 unspecified atom stereocenters. The molecule has 8 heteroatoms. The average molecular weight is 340 g/mol. The van der Waals surface area contributed by atoms with Crippen molar-refractivity contribution in [3.63, 3.8) is 0 Å². The number of hydrogen-bond donors (Lipinski definition) is 1. The number of amides is 1. The molecule has 2 aromatic heterocycles. The van der Waals surface area contributed by atoms with Crippen molar-refractivity contribution < 1.29 is 9.53 Å². The number of ether oxygens (including phenoxy) is 1. The van der Waals surface area contributed by atoms with Gasteiger partial charge in [-0.2, -0.15) is 4.52 Å². The van der Waals surface area contributed by atoms with Gasteiger partial charge < -0.3 is 15.0 Å². The summed E-state index contributed by atoms with van der Waals surface area (Å²) in [6, 6.07) is 10.9. The van der Waals surface area contributed by atoms with Crippen LogP contribution in [0.4, 0.5) is 11.5 Å². The van der Waals surface area contributed by atoms with Gasteiger partial charge in [0, 0.05) is 18.3 Å². The molecule has 2 heterocycles. The highest BCUT2D eigenvalue weighted by molar-refractivity contribution is 5.94. The zero-order valence-corrected chi connectivity index (χ0v) is 14.4. The number of benzene rings is 1. The number of aromatic nitrogens is 4. The highest BCUT2D eigenvalue weighted by Crippen LogP contribution is 2.17. The quantitative estimate of drug-likeness (QED) is 0.738. The third kappa shape index (κ3) is 3.68. The zero-order chi connectivity index (χ0) is 17.8. The number of fused-ring (bicyclic) bond motifs is 1. The molecule has 0 saturated carbocycles. The number of anilines is 2. The molecule has 0 saturated heterocycles. The van der Waals surface area contributed by atoms with Gasteiger partial charge in [-0.05, 0) is 38.1 Å². The lowest BCUT2D eigenvalue weighted by molar-refractivity contribution is -0.115. The first-order valence-electron chi connectivity index (χ1n) is 7.98. The summed E-state index contributed by atoms with van der Waals surface area (Å²) >= 11 is 0. The Hall–Kier alpha value is -3.16. The molecule has 3 rings (SSSR count). The van der Waals surface area contributed by atoms with E-state index in [0.717, 1.165) is 0 Å². The maximum Gasteiger partial charge on any atom is 0.243 e. The molecular weight excluding hydrogens is 320 g/mol. The van der Waals surface area contributed by atoms with Gasteiger partial charge in [0.05, 0.1) is 13.7 Å². The van der Waals surface area contributed by atoms with E-state index in [0.29, 0.717) is 35.3 Å². The van der Waals surface area contributed by atoms with Gasteiger partial charge >= 0.3 is 0 Å². The minimum atomic E-state index is -0.127. The molecule has 1 aromatic carbocycles. The molecule has 25 heavy (non-hydrogen) atoms. The molecule has 0 aliphatic rings. The molecule has 0 bridgehead atoms. The van der Waals surface area contributed by atoms with Crippen molar-refractivity contribution in [1.29, 1.82) is 0 Å². The second-order valence-corrected chi connectivity index (χ2v) is 5.50. The second kappa shape index (κ2) is 7.16. The number of hydrogen-bond acceptors (Lipinski definition) is 6. The fourth-order valence-electron chi connectivity index (χ4n) is 2.48. The molecule has 0 spiro atoms. The molecule has 1 N–H and O–H groups in total. The summed E-state index contributed by atoms with van der Waals surface area (Å²) in [5, 5.41) is 15.4. The Labute approximate surface area is 145 Å². The normalized spacial score (nSPS) is 10.7. The Morgan fingerprint density at radius 2 is 2.12 bits per heavy atom. The molecular formula is C17H20N6O2. The minimum absolute atomic E-state index is 0.127. The fraction of sp³-hybridized carbons (Fsp3) is 0.294. The maximum absolute atomic E-state index is 12.4. The number of rotatable bonds is 6. The van der Waals surface area contributed by atoms with Crippen molar-refractivity contribution in [1.82, 2.24) is 19.8 Å². The smallest absolute Gasteiger partial charge is 0.243 e. The first-order chi connectivity index (χ1) is 12.1. The lowest BCUT2D eigenvalue weighted by Crippen LogP contribution is -2.34. The summed E-state index contributed by atoms with van der Waals surface area (Å²) in [4.78, 5) is 14.3. The maximum atomic E-state index is 12.4. The number of carbonyl (C=O) groups is 1. The fourth-order valence-corrected chi connectivity index (χ4v) is 2.48. The van der Waals surface area contributed by atoms with Crippen LogP contribution in [0.3, 0.4) is 0 Å². The highest BCUT2D eigenvalue weighted by atomic mass is 16.5. The molecule has 0 radical (unpaired) electrons. The number of methoxy groups -OCH3 is 1. The van der Waals surface area contributed by atoms with Crippen LogP contribution in [0, 0.1) is 6.92 Å². The lowest BCUT2D eigenvalue weighted by Gasteiger charge is -2.21. The Kier molecular flexibility index (Phi) is 4.78. The first-order valence-corrected chi connectivity index (χ1v) is 7.98. The van der Waals surface area contributed by atoms with Crippen molar-refractivity contribution in [2.75, 3.05) is 30.4 Å². The zero-order valence-electron chi connectivity index (χ0n) is 14.4. The Morgan fingerprint density at radius 3 is 2.88 bits per heavy atom. The average Bonchev–Trinajstić information content (AvgIpc) is 3.00. The molecule has 3 aromatic rings. The molecule has 0 atom stereocenters. The summed E-state index contributed by atoms with van der Waals surface area (Å²) in [6.07, 6.45) is 0.